The summed E-state index contributed by atoms with van der Waals surface area (Å²) in [5.41, 5.74) is 2.10. The molecule has 6 heteroatoms. The van der Waals surface area contributed by atoms with Crippen LogP contribution in [0.1, 0.15) is 41.3 Å². The zero-order valence-corrected chi connectivity index (χ0v) is 15.6. The van der Waals surface area contributed by atoms with E-state index in [9.17, 15) is 18.4 Å². The van der Waals surface area contributed by atoms with E-state index in [-0.39, 0.29) is 24.4 Å². The maximum Gasteiger partial charge on any atom is 0.254 e. The van der Waals surface area contributed by atoms with Gasteiger partial charge in [0.15, 0.2) is 0 Å². The van der Waals surface area contributed by atoms with Crippen LogP contribution in [0, 0.1) is 11.6 Å². The predicted octanol–water partition coefficient (Wildman–Crippen LogP) is 3.70. The fourth-order valence-corrected chi connectivity index (χ4v) is 2.64. The van der Waals surface area contributed by atoms with Crippen LogP contribution in [-0.4, -0.2) is 30.3 Å². The smallest absolute Gasteiger partial charge is 0.254 e. The third kappa shape index (κ3) is 6.16. The van der Waals surface area contributed by atoms with Gasteiger partial charge in [-0.1, -0.05) is 31.2 Å². The molecule has 2 rings (SSSR count). The molecule has 27 heavy (non-hydrogen) atoms. The molecule has 0 saturated heterocycles. The number of benzene rings is 2. The number of carbonyl (C=O) groups excluding carboxylic acids is 2. The summed E-state index contributed by atoms with van der Waals surface area (Å²) in [5.74, 6) is -2.29. The lowest BCUT2D eigenvalue weighted by Gasteiger charge is -2.17. The topological polar surface area (TPSA) is 49.4 Å². The van der Waals surface area contributed by atoms with Crippen molar-refractivity contribution in [2.45, 2.75) is 32.7 Å². The number of nitrogens with one attached hydrogen (secondary N) is 1. The van der Waals surface area contributed by atoms with Crippen LogP contribution >= 0.6 is 0 Å². The van der Waals surface area contributed by atoms with Crippen molar-refractivity contribution < 1.29 is 18.4 Å². The van der Waals surface area contributed by atoms with Crippen LogP contribution in [0.5, 0.6) is 0 Å². The Bertz CT molecular complexity index is 791. The summed E-state index contributed by atoms with van der Waals surface area (Å²) in [5, 5.41) is 2.54. The summed E-state index contributed by atoms with van der Waals surface area (Å²) in [6.45, 7) is 2.85. The van der Waals surface area contributed by atoms with Crippen LogP contribution in [-0.2, 0) is 17.8 Å². The second kappa shape index (κ2) is 9.80. The molecule has 0 atom stereocenters. The summed E-state index contributed by atoms with van der Waals surface area (Å²) >= 11 is 0. The second-order valence-electron chi connectivity index (χ2n) is 6.40. The Morgan fingerprint density at radius 1 is 1.04 bits per heavy atom. The second-order valence-corrected chi connectivity index (χ2v) is 6.40. The van der Waals surface area contributed by atoms with Crippen LogP contribution in [0.4, 0.5) is 8.78 Å². The van der Waals surface area contributed by atoms with E-state index >= 15 is 0 Å². The minimum atomic E-state index is -0.905. The molecular formula is C21H24F2N2O2. The lowest BCUT2D eigenvalue weighted by molar-refractivity contribution is -0.130. The number of amides is 2. The lowest BCUT2D eigenvalue weighted by Crippen LogP contribution is -2.29. The van der Waals surface area contributed by atoms with Crippen molar-refractivity contribution in [2.24, 2.45) is 0 Å². The van der Waals surface area contributed by atoms with E-state index in [4.69, 9.17) is 0 Å². The standard InChI is InChI=1S/C21H24F2N2O2/c1-3-15-6-8-16(9-7-15)14-25(2)20(26)5-4-12-24-21(27)18-11-10-17(22)13-19(18)23/h6-11,13H,3-5,12,14H2,1-2H3,(H,24,27). The molecule has 0 aliphatic carbocycles. The Hall–Kier alpha value is -2.76. The molecule has 2 aromatic carbocycles. The molecule has 0 radical (unpaired) electrons. The van der Waals surface area contributed by atoms with Crippen molar-refractivity contribution in [3.63, 3.8) is 0 Å². The monoisotopic (exact) mass is 374 g/mol. The van der Waals surface area contributed by atoms with Gasteiger partial charge in [-0.2, -0.15) is 0 Å². The molecule has 0 fully saturated rings. The molecule has 0 bridgehead atoms. The number of hydrogen-bond donors (Lipinski definition) is 1. The van der Waals surface area contributed by atoms with Crippen molar-refractivity contribution >= 4 is 11.8 Å². The van der Waals surface area contributed by atoms with E-state index in [1.165, 1.54) is 5.56 Å². The Morgan fingerprint density at radius 3 is 2.33 bits per heavy atom. The SMILES string of the molecule is CCc1ccc(CN(C)C(=O)CCCNC(=O)c2ccc(F)cc2F)cc1. The Balaban J connectivity index is 1.73. The number of halogens is 2. The molecule has 1 N–H and O–H groups in total. The molecule has 0 unspecified atom stereocenters. The third-order valence-corrected chi connectivity index (χ3v) is 4.31. The summed E-state index contributed by atoms with van der Waals surface area (Å²) in [6.07, 6.45) is 1.69. The number of carbonyl (C=O) groups is 2. The van der Waals surface area contributed by atoms with Gasteiger partial charge < -0.3 is 10.2 Å². The highest BCUT2D eigenvalue weighted by Crippen LogP contribution is 2.10. The lowest BCUT2D eigenvalue weighted by atomic mass is 10.1. The molecule has 0 spiro atoms. The maximum absolute atomic E-state index is 13.5. The Kier molecular flexibility index (Phi) is 7.46. The maximum atomic E-state index is 13.5. The fraction of sp³-hybridized carbons (Fsp3) is 0.333. The molecule has 144 valence electrons. The van der Waals surface area contributed by atoms with Gasteiger partial charge in [-0.25, -0.2) is 8.78 Å². The van der Waals surface area contributed by atoms with Gasteiger partial charge in [-0.05, 0) is 36.1 Å². The summed E-state index contributed by atoms with van der Waals surface area (Å²) < 4.78 is 26.4. The molecule has 0 saturated carbocycles. The van der Waals surface area contributed by atoms with Gasteiger partial charge in [0.25, 0.3) is 5.91 Å². The molecule has 4 nitrogen and oxygen atoms in total. The van der Waals surface area contributed by atoms with Gasteiger partial charge >= 0.3 is 0 Å². The van der Waals surface area contributed by atoms with Crippen LogP contribution in [0.25, 0.3) is 0 Å². The van der Waals surface area contributed by atoms with Gasteiger partial charge in [-0.15, -0.1) is 0 Å². The summed E-state index contributed by atoms with van der Waals surface area (Å²) in [4.78, 5) is 25.7. The quantitative estimate of drug-likeness (QED) is 0.717. The first-order valence-corrected chi connectivity index (χ1v) is 8.95. The minimum Gasteiger partial charge on any atom is -0.352 e. The zero-order valence-electron chi connectivity index (χ0n) is 15.6. The third-order valence-electron chi connectivity index (χ3n) is 4.31. The molecule has 2 aromatic rings. The van der Waals surface area contributed by atoms with E-state index in [1.54, 1.807) is 11.9 Å². The zero-order chi connectivity index (χ0) is 19.8. The van der Waals surface area contributed by atoms with Gasteiger partial charge in [0, 0.05) is 32.6 Å². The molecule has 0 aromatic heterocycles. The normalized spacial score (nSPS) is 10.5. The number of aryl methyl sites for hydroxylation is 1. The van der Waals surface area contributed by atoms with Crippen LogP contribution in [0.3, 0.4) is 0 Å². The van der Waals surface area contributed by atoms with Gasteiger partial charge in [0.2, 0.25) is 5.91 Å². The van der Waals surface area contributed by atoms with Crippen molar-refractivity contribution in [3.8, 4) is 0 Å². The van der Waals surface area contributed by atoms with Gasteiger partial charge in [0.1, 0.15) is 11.6 Å². The highest BCUT2D eigenvalue weighted by atomic mass is 19.1. The Morgan fingerprint density at radius 2 is 1.70 bits per heavy atom. The van der Waals surface area contributed by atoms with Gasteiger partial charge in [0.05, 0.1) is 5.56 Å². The number of hydrogen-bond acceptors (Lipinski definition) is 2. The number of rotatable bonds is 8. The number of nitrogens with zero attached hydrogens (tertiary/aromatic N) is 1. The van der Waals surface area contributed by atoms with Gasteiger partial charge in [-0.3, -0.25) is 9.59 Å². The largest absolute Gasteiger partial charge is 0.352 e. The predicted molar refractivity (Wildman–Crippen MR) is 100 cm³/mol. The van der Waals surface area contributed by atoms with Crippen molar-refractivity contribution in [2.75, 3.05) is 13.6 Å². The first-order valence-electron chi connectivity index (χ1n) is 8.95. The van der Waals surface area contributed by atoms with Crippen molar-refractivity contribution in [1.82, 2.24) is 10.2 Å². The summed E-state index contributed by atoms with van der Waals surface area (Å²) in [6, 6.07) is 10.9. The highest BCUT2D eigenvalue weighted by Gasteiger charge is 2.13. The average Bonchev–Trinajstić information content (AvgIpc) is 2.65. The molecule has 0 aliphatic heterocycles. The van der Waals surface area contributed by atoms with Crippen LogP contribution < -0.4 is 5.32 Å². The fourth-order valence-electron chi connectivity index (χ4n) is 2.64. The van der Waals surface area contributed by atoms with E-state index in [1.807, 2.05) is 12.1 Å². The van der Waals surface area contributed by atoms with Crippen LogP contribution in [0.15, 0.2) is 42.5 Å². The first-order chi connectivity index (χ1) is 12.9. The summed E-state index contributed by atoms with van der Waals surface area (Å²) in [7, 11) is 1.74. The molecular weight excluding hydrogens is 350 g/mol. The van der Waals surface area contributed by atoms with E-state index in [2.05, 4.69) is 24.4 Å². The first kappa shape index (κ1) is 20.6. The highest BCUT2D eigenvalue weighted by molar-refractivity contribution is 5.94. The molecule has 0 heterocycles. The van der Waals surface area contributed by atoms with E-state index < -0.39 is 17.5 Å². The van der Waals surface area contributed by atoms with E-state index in [0.29, 0.717) is 19.0 Å². The Labute approximate surface area is 158 Å². The molecule has 0 aliphatic rings. The van der Waals surface area contributed by atoms with Crippen molar-refractivity contribution in [3.05, 3.63) is 70.8 Å². The molecule has 2 amide bonds. The van der Waals surface area contributed by atoms with Crippen LogP contribution in [0.2, 0.25) is 0 Å². The minimum absolute atomic E-state index is 0.0308. The average molecular weight is 374 g/mol. The van der Waals surface area contributed by atoms with E-state index in [0.717, 1.165) is 24.1 Å². The van der Waals surface area contributed by atoms with Crippen molar-refractivity contribution in [1.29, 1.82) is 0 Å².